The van der Waals surface area contributed by atoms with Crippen LogP contribution in [-0.2, 0) is 0 Å². The summed E-state index contributed by atoms with van der Waals surface area (Å²) in [5.41, 5.74) is 1.68. The molecule has 0 saturated heterocycles. The lowest BCUT2D eigenvalue weighted by atomic mass is 10.2. The first kappa shape index (κ1) is 8.90. The zero-order chi connectivity index (χ0) is 7.98. The van der Waals surface area contributed by atoms with Crippen molar-refractivity contribution in [2.45, 2.75) is 20.3 Å². The topological polar surface area (TPSA) is 36.1 Å². The van der Waals surface area contributed by atoms with Gasteiger partial charge < -0.3 is 0 Å². The predicted octanol–water partition coefficient (Wildman–Crippen LogP) is 1.94. The second-order valence-corrected chi connectivity index (χ2v) is 2.06. The van der Waals surface area contributed by atoms with E-state index in [4.69, 9.17) is 5.26 Å². The smallest absolute Gasteiger partial charge is 0.134 e. The highest BCUT2D eigenvalue weighted by molar-refractivity contribution is 6.07. The second-order valence-electron chi connectivity index (χ2n) is 2.06. The van der Waals surface area contributed by atoms with Gasteiger partial charge in [0.2, 0.25) is 0 Å². The lowest BCUT2D eigenvalue weighted by Crippen LogP contribution is -1.88. The van der Waals surface area contributed by atoms with Crippen LogP contribution in [0.25, 0.3) is 0 Å². The summed E-state index contributed by atoms with van der Waals surface area (Å²) in [5, 5.41) is 8.45. The molecule has 2 heteroatoms. The minimum absolute atomic E-state index is 0.499. The average Bonchev–Trinajstić information content (AvgIpc) is 1.99. The fourth-order valence-electron chi connectivity index (χ4n) is 0.482. The summed E-state index contributed by atoms with van der Waals surface area (Å²) in [6, 6.07) is 1.99. The summed E-state index contributed by atoms with van der Waals surface area (Å²) < 4.78 is 0. The quantitative estimate of drug-likeness (QED) is 0.534. The summed E-state index contributed by atoms with van der Waals surface area (Å²) in [5.74, 6) is 0. The van der Waals surface area contributed by atoms with E-state index >= 15 is 0 Å². The summed E-state index contributed by atoms with van der Waals surface area (Å²) in [4.78, 5) is 3.77. The fourth-order valence-corrected chi connectivity index (χ4v) is 0.482. The SMILES string of the molecule is CC/C(C)=C\C(C#N)=NC. The van der Waals surface area contributed by atoms with Gasteiger partial charge in [-0.3, -0.25) is 4.99 Å². The van der Waals surface area contributed by atoms with Crippen LogP contribution in [0.1, 0.15) is 20.3 Å². The van der Waals surface area contributed by atoms with Crippen LogP contribution < -0.4 is 0 Å². The summed E-state index contributed by atoms with van der Waals surface area (Å²) >= 11 is 0. The molecule has 0 spiro atoms. The largest absolute Gasteiger partial charge is 0.278 e. The van der Waals surface area contributed by atoms with Gasteiger partial charge >= 0.3 is 0 Å². The number of hydrogen-bond donors (Lipinski definition) is 0. The standard InChI is InChI=1S/C8H12N2/c1-4-7(2)5-8(6-9)10-3/h5H,4H2,1-3H3/b7-5-,10-8?. The van der Waals surface area contributed by atoms with Crippen LogP contribution in [0.4, 0.5) is 0 Å². The third-order valence-corrected chi connectivity index (χ3v) is 1.30. The minimum atomic E-state index is 0.499. The molecule has 0 aliphatic rings. The Balaban J connectivity index is 4.27. The van der Waals surface area contributed by atoms with E-state index in [2.05, 4.69) is 11.9 Å². The molecule has 0 unspecified atom stereocenters. The molecule has 0 aromatic carbocycles. The molecular weight excluding hydrogens is 124 g/mol. The van der Waals surface area contributed by atoms with Crippen molar-refractivity contribution in [1.82, 2.24) is 0 Å². The van der Waals surface area contributed by atoms with Crippen molar-refractivity contribution in [2.75, 3.05) is 7.05 Å². The Morgan fingerprint density at radius 2 is 2.30 bits per heavy atom. The molecule has 0 aliphatic carbocycles. The number of aliphatic imine (C=N–C) groups is 1. The predicted molar refractivity (Wildman–Crippen MR) is 43.0 cm³/mol. The van der Waals surface area contributed by atoms with Gasteiger partial charge in [-0.1, -0.05) is 12.5 Å². The molecular formula is C8H12N2. The van der Waals surface area contributed by atoms with Gasteiger partial charge in [0.25, 0.3) is 0 Å². The van der Waals surface area contributed by atoms with Gasteiger partial charge in [-0.05, 0) is 19.4 Å². The molecule has 0 fully saturated rings. The highest BCUT2D eigenvalue weighted by Gasteiger charge is 1.89. The van der Waals surface area contributed by atoms with Crippen LogP contribution in [0.5, 0.6) is 0 Å². The first-order chi connectivity index (χ1) is 4.74. The van der Waals surface area contributed by atoms with Crippen molar-refractivity contribution in [3.05, 3.63) is 11.6 Å². The molecule has 0 rings (SSSR count). The van der Waals surface area contributed by atoms with Crippen molar-refractivity contribution >= 4 is 5.71 Å². The van der Waals surface area contributed by atoms with Crippen molar-refractivity contribution < 1.29 is 0 Å². The zero-order valence-corrected chi connectivity index (χ0v) is 6.68. The van der Waals surface area contributed by atoms with Crippen LogP contribution >= 0.6 is 0 Å². The Morgan fingerprint density at radius 1 is 1.70 bits per heavy atom. The van der Waals surface area contributed by atoms with Crippen molar-refractivity contribution in [3.63, 3.8) is 0 Å². The van der Waals surface area contributed by atoms with Gasteiger partial charge in [0.15, 0.2) is 0 Å². The minimum Gasteiger partial charge on any atom is -0.278 e. The van der Waals surface area contributed by atoms with Crippen molar-refractivity contribution in [3.8, 4) is 6.07 Å². The van der Waals surface area contributed by atoms with Gasteiger partial charge in [-0.2, -0.15) is 5.26 Å². The highest BCUT2D eigenvalue weighted by atomic mass is 14.7. The third-order valence-electron chi connectivity index (χ3n) is 1.30. The van der Waals surface area contributed by atoms with E-state index in [0.717, 1.165) is 6.42 Å². The van der Waals surface area contributed by atoms with Gasteiger partial charge in [0, 0.05) is 7.05 Å². The van der Waals surface area contributed by atoms with Gasteiger partial charge in [0.1, 0.15) is 11.8 Å². The van der Waals surface area contributed by atoms with Crippen molar-refractivity contribution in [2.24, 2.45) is 4.99 Å². The van der Waals surface area contributed by atoms with Crippen LogP contribution in [-0.4, -0.2) is 12.8 Å². The second kappa shape index (κ2) is 4.75. The molecule has 0 saturated carbocycles. The van der Waals surface area contributed by atoms with E-state index in [1.807, 2.05) is 13.0 Å². The lowest BCUT2D eigenvalue weighted by Gasteiger charge is -1.90. The Kier molecular flexibility index (Phi) is 4.23. The lowest BCUT2D eigenvalue weighted by molar-refractivity contribution is 1.10. The number of hydrogen-bond acceptors (Lipinski definition) is 2. The normalized spacial score (nSPS) is 13.0. The van der Waals surface area contributed by atoms with Gasteiger partial charge in [-0.25, -0.2) is 0 Å². The van der Waals surface area contributed by atoms with Gasteiger partial charge in [-0.15, -0.1) is 0 Å². The van der Waals surface area contributed by atoms with Gasteiger partial charge in [0.05, 0.1) is 0 Å². The highest BCUT2D eigenvalue weighted by Crippen LogP contribution is 1.97. The van der Waals surface area contributed by atoms with Crippen LogP contribution in [0, 0.1) is 11.3 Å². The number of nitrogens with zero attached hydrogens (tertiary/aromatic N) is 2. The average molecular weight is 136 g/mol. The molecule has 0 bridgehead atoms. The Labute approximate surface area is 61.9 Å². The maximum absolute atomic E-state index is 8.45. The molecule has 54 valence electrons. The van der Waals surface area contributed by atoms with E-state index in [1.165, 1.54) is 5.57 Å². The Bertz CT molecular complexity index is 194. The number of nitriles is 1. The molecule has 0 atom stereocenters. The third kappa shape index (κ3) is 3.03. The molecule has 0 amide bonds. The van der Waals surface area contributed by atoms with Crippen LogP contribution in [0.15, 0.2) is 16.6 Å². The van der Waals surface area contributed by atoms with E-state index in [-0.39, 0.29) is 0 Å². The van der Waals surface area contributed by atoms with E-state index in [9.17, 15) is 0 Å². The first-order valence-electron chi connectivity index (χ1n) is 3.28. The summed E-state index contributed by atoms with van der Waals surface area (Å²) in [6.45, 7) is 4.04. The summed E-state index contributed by atoms with van der Waals surface area (Å²) in [6.07, 6.45) is 2.78. The molecule has 0 N–H and O–H groups in total. The van der Waals surface area contributed by atoms with Crippen LogP contribution in [0.3, 0.4) is 0 Å². The first-order valence-corrected chi connectivity index (χ1v) is 3.28. The monoisotopic (exact) mass is 136 g/mol. The van der Waals surface area contributed by atoms with Crippen LogP contribution in [0.2, 0.25) is 0 Å². The molecule has 0 heterocycles. The molecule has 0 aromatic rings. The molecule has 0 radical (unpaired) electrons. The van der Waals surface area contributed by atoms with E-state index in [0.29, 0.717) is 5.71 Å². The molecule has 0 aliphatic heterocycles. The molecule has 10 heavy (non-hydrogen) atoms. The van der Waals surface area contributed by atoms with E-state index < -0.39 is 0 Å². The fraction of sp³-hybridized carbons (Fsp3) is 0.500. The van der Waals surface area contributed by atoms with E-state index in [1.54, 1.807) is 13.1 Å². The maximum Gasteiger partial charge on any atom is 0.134 e. The Morgan fingerprint density at radius 3 is 2.60 bits per heavy atom. The Hall–Kier alpha value is -1.10. The number of allylic oxidation sites excluding steroid dienone is 2. The molecule has 0 aromatic heterocycles. The zero-order valence-electron chi connectivity index (χ0n) is 6.68. The van der Waals surface area contributed by atoms with Crippen molar-refractivity contribution in [1.29, 1.82) is 5.26 Å². The number of rotatable bonds is 2. The molecule has 2 nitrogen and oxygen atoms in total. The maximum atomic E-state index is 8.45. The summed E-state index contributed by atoms with van der Waals surface area (Å²) in [7, 11) is 1.62.